The van der Waals surface area contributed by atoms with Gasteiger partial charge in [-0.05, 0) is 65.3 Å². The SMILES string of the molecule is CCC(C)[C](Cc1ccccc1)c1cccc(Cc2ccccc2)c1C1CC1. The maximum Gasteiger partial charge on any atom is 0.0124 e. The predicted octanol–water partition coefficient (Wildman–Crippen LogP) is 7.37. The highest BCUT2D eigenvalue weighted by molar-refractivity contribution is 5.50. The first kappa shape index (κ1) is 19.0. The summed E-state index contributed by atoms with van der Waals surface area (Å²) in [6.45, 7) is 4.72. The van der Waals surface area contributed by atoms with Crippen LogP contribution in [0.4, 0.5) is 0 Å². The summed E-state index contributed by atoms with van der Waals surface area (Å²) in [5, 5.41) is 0. The van der Waals surface area contributed by atoms with Crippen LogP contribution in [0.5, 0.6) is 0 Å². The Balaban J connectivity index is 1.72. The van der Waals surface area contributed by atoms with E-state index in [-0.39, 0.29) is 0 Å². The lowest BCUT2D eigenvalue weighted by Crippen LogP contribution is -2.16. The molecule has 3 aromatic carbocycles. The van der Waals surface area contributed by atoms with Gasteiger partial charge in [0.15, 0.2) is 0 Å². The van der Waals surface area contributed by atoms with Gasteiger partial charge in [-0.3, -0.25) is 0 Å². The molecule has 0 amide bonds. The molecule has 1 atom stereocenters. The second kappa shape index (κ2) is 8.78. The van der Waals surface area contributed by atoms with Crippen LogP contribution in [0.15, 0.2) is 78.9 Å². The summed E-state index contributed by atoms with van der Waals surface area (Å²) in [5.74, 6) is 2.97. The molecule has 0 bridgehead atoms. The van der Waals surface area contributed by atoms with Gasteiger partial charge < -0.3 is 0 Å². The zero-order valence-corrected chi connectivity index (χ0v) is 17.2. The van der Waals surface area contributed by atoms with E-state index in [1.807, 2.05) is 0 Å². The lowest BCUT2D eigenvalue weighted by Gasteiger charge is -2.27. The average Bonchev–Trinajstić information content (AvgIpc) is 3.58. The normalized spacial score (nSPS) is 15.0. The van der Waals surface area contributed by atoms with Gasteiger partial charge >= 0.3 is 0 Å². The topological polar surface area (TPSA) is 0 Å². The van der Waals surface area contributed by atoms with Crippen LogP contribution in [0.1, 0.15) is 66.8 Å². The molecule has 3 aromatic rings. The maximum atomic E-state index is 2.40. The van der Waals surface area contributed by atoms with Gasteiger partial charge in [0, 0.05) is 5.92 Å². The summed E-state index contributed by atoms with van der Waals surface area (Å²) in [7, 11) is 0. The number of rotatable bonds is 8. The zero-order chi connectivity index (χ0) is 19.3. The first-order valence-electron chi connectivity index (χ1n) is 10.8. The van der Waals surface area contributed by atoms with E-state index in [9.17, 15) is 0 Å². The Morgan fingerprint density at radius 3 is 2.07 bits per heavy atom. The van der Waals surface area contributed by atoms with Crippen LogP contribution < -0.4 is 0 Å². The average molecular weight is 368 g/mol. The van der Waals surface area contributed by atoms with Crippen LogP contribution >= 0.6 is 0 Å². The fraction of sp³-hybridized carbons (Fsp3) is 0.321. The molecule has 0 N–H and O–H groups in total. The van der Waals surface area contributed by atoms with Crippen LogP contribution in [0, 0.1) is 11.8 Å². The Bertz CT molecular complexity index is 874. The molecule has 1 fully saturated rings. The summed E-state index contributed by atoms with van der Waals surface area (Å²) in [5.41, 5.74) is 7.54. The second-order valence-corrected chi connectivity index (χ2v) is 8.31. The molecule has 1 saturated carbocycles. The van der Waals surface area contributed by atoms with Crippen molar-refractivity contribution in [2.75, 3.05) is 0 Å². The molecule has 1 unspecified atom stereocenters. The van der Waals surface area contributed by atoms with E-state index in [0.717, 1.165) is 18.8 Å². The van der Waals surface area contributed by atoms with Crippen LogP contribution in [0.2, 0.25) is 0 Å². The molecule has 1 aliphatic carbocycles. The Kier molecular flexibility index (Phi) is 5.95. The van der Waals surface area contributed by atoms with Crippen molar-refractivity contribution >= 4 is 0 Å². The Hall–Kier alpha value is -2.34. The molecule has 1 radical (unpaired) electrons. The van der Waals surface area contributed by atoms with Gasteiger partial charge in [0.2, 0.25) is 0 Å². The highest BCUT2D eigenvalue weighted by Gasteiger charge is 2.32. The van der Waals surface area contributed by atoms with Gasteiger partial charge in [0.05, 0.1) is 0 Å². The first-order chi connectivity index (χ1) is 13.8. The number of hydrogen-bond acceptors (Lipinski definition) is 0. The summed E-state index contributed by atoms with van der Waals surface area (Å²) in [4.78, 5) is 0. The molecule has 0 aliphatic heterocycles. The first-order valence-corrected chi connectivity index (χ1v) is 10.8. The number of benzene rings is 3. The largest absolute Gasteiger partial charge is 0.0651 e. The van der Waals surface area contributed by atoms with E-state index in [2.05, 4.69) is 92.7 Å². The van der Waals surface area contributed by atoms with Crippen molar-refractivity contribution in [3.63, 3.8) is 0 Å². The van der Waals surface area contributed by atoms with Gasteiger partial charge in [-0.1, -0.05) is 99.1 Å². The highest BCUT2D eigenvalue weighted by atomic mass is 14.4. The minimum atomic E-state index is 0.602. The zero-order valence-electron chi connectivity index (χ0n) is 17.2. The molecular weight excluding hydrogens is 336 g/mol. The van der Waals surface area contributed by atoms with E-state index in [1.165, 1.54) is 41.5 Å². The molecular formula is C28H31. The van der Waals surface area contributed by atoms with Crippen molar-refractivity contribution < 1.29 is 0 Å². The minimum Gasteiger partial charge on any atom is -0.0651 e. The molecule has 143 valence electrons. The van der Waals surface area contributed by atoms with Gasteiger partial charge in [-0.2, -0.15) is 0 Å². The maximum absolute atomic E-state index is 2.40. The summed E-state index contributed by atoms with van der Waals surface area (Å²) in [6.07, 6.45) is 5.98. The quantitative estimate of drug-likeness (QED) is 0.390. The third kappa shape index (κ3) is 4.38. The van der Waals surface area contributed by atoms with Crippen molar-refractivity contribution in [2.24, 2.45) is 5.92 Å². The molecule has 0 heteroatoms. The van der Waals surface area contributed by atoms with Crippen LogP contribution in [0.3, 0.4) is 0 Å². The highest BCUT2D eigenvalue weighted by Crippen LogP contribution is 2.47. The fourth-order valence-electron chi connectivity index (χ4n) is 4.31. The van der Waals surface area contributed by atoms with E-state index >= 15 is 0 Å². The van der Waals surface area contributed by atoms with Crippen LogP contribution in [-0.4, -0.2) is 0 Å². The number of hydrogen-bond donors (Lipinski definition) is 0. The van der Waals surface area contributed by atoms with Gasteiger partial charge in [-0.15, -0.1) is 0 Å². The Morgan fingerprint density at radius 1 is 0.821 bits per heavy atom. The molecule has 4 rings (SSSR count). The standard InChI is InChI=1S/C28H31/c1-3-21(2)27(20-23-13-8-5-9-14-23)26-16-10-15-25(28(26)24-17-18-24)19-22-11-6-4-7-12-22/h4-16,21,24H,3,17-20H2,1-2H3. The molecule has 0 heterocycles. The molecule has 0 spiro atoms. The van der Waals surface area contributed by atoms with Gasteiger partial charge in [0.1, 0.15) is 0 Å². The molecule has 28 heavy (non-hydrogen) atoms. The summed E-state index contributed by atoms with van der Waals surface area (Å²) >= 11 is 0. The van der Waals surface area contributed by atoms with Crippen molar-refractivity contribution in [1.82, 2.24) is 0 Å². The van der Waals surface area contributed by atoms with E-state index in [4.69, 9.17) is 0 Å². The van der Waals surface area contributed by atoms with Gasteiger partial charge in [-0.25, -0.2) is 0 Å². The smallest absolute Gasteiger partial charge is 0.0124 e. The lowest BCUT2D eigenvalue weighted by atomic mass is 9.77. The second-order valence-electron chi connectivity index (χ2n) is 8.31. The van der Waals surface area contributed by atoms with Crippen LogP contribution in [0.25, 0.3) is 0 Å². The van der Waals surface area contributed by atoms with Crippen molar-refractivity contribution in [3.05, 3.63) is 113 Å². The molecule has 0 nitrogen and oxygen atoms in total. The fourth-order valence-corrected chi connectivity index (χ4v) is 4.31. The third-order valence-electron chi connectivity index (χ3n) is 6.21. The minimum absolute atomic E-state index is 0.602. The Labute approximate surface area is 170 Å². The van der Waals surface area contributed by atoms with E-state index < -0.39 is 0 Å². The van der Waals surface area contributed by atoms with Crippen molar-refractivity contribution in [1.29, 1.82) is 0 Å². The monoisotopic (exact) mass is 367 g/mol. The van der Waals surface area contributed by atoms with E-state index in [1.54, 1.807) is 11.5 Å². The molecule has 1 aliphatic rings. The van der Waals surface area contributed by atoms with Gasteiger partial charge in [0.25, 0.3) is 0 Å². The lowest BCUT2D eigenvalue weighted by molar-refractivity contribution is 0.573. The predicted molar refractivity (Wildman–Crippen MR) is 120 cm³/mol. The van der Waals surface area contributed by atoms with Crippen molar-refractivity contribution in [2.45, 2.75) is 51.9 Å². The van der Waals surface area contributed by atoms with Crippen LogP contribution in [-0.2, 0) is 12.8 Å². The van der Waals surface area contributed by atoms with E-state index in [0.29, 0.717) is 5.92 Å². The molecule has 0 aromatic heterocycles. The summed E-state index contributed by atoms with van der Waals surface area (Å²) in [6, 6.07) is 29.0. The summed E-state index contributed by atoms with van der Waals surface area (Å²) < 4.78 is 0. The molecule has 0 saturated heterocycles. The van der Waals surface area contributed by atoms with Crippen molar-refractivity contribution in [3.8, 4) is 0 Å². The Morgan fingerprint density at radius 2 is 1.46 bits per heavy atom. The third-order valence-corrected chi connectivity index (χ3v) is 6.21.